The van der Waals surface area contributed by atoms with E-state index in [2.05, 4.69) is 10.6 Å². The number of aryl methyl sites for hydroxylation is 1. The zero-order chi connectivity index (χ0) is 20.5. The SMILES string of the molecule is Cc1ccc(OCCNC(=O)Nc2ccc(CC(=O)N3CCSCC3)cc2)cc1. The van der Waals surface area contributed by atoms with E-state index in [1.54, 1.807) is 0 Å². The van der Waals surface area contributed by atoms with Gasteiger partial charge in [0, 0.05) is 30.3 Å². The Balaban J connectivity index is 1.36. The molecule has 2 aromatic rings. The van der Waals surface area contributed by atoms with E-state index in [0.717, 1.165) is 35.9 Å². The maximum Gasteiger partial charge on any atom is 0.319 e. The molecule has 154 valence electrons. The van der Waals surface area contributed by atoms with Crippen molar-refractivity contribution < 1.29 is 14.3 Å². The van der Waals surface area contributed by atoms with Crippen LogP contribution in [0.1, 0.15) is 11.1 Å². The maximum absolute atomic E-state index is 12.3. The molecular weight excluding hydrogens is 386 g/mol. The average Bonchev–Trinajstić information content (AvgIpc) is 2.74. The number of rotatable bonds is 7. The van der Waals surface area contributed by atoms with Gasteiger partial charge in [-0.05, 0) is 36.8 Å². The zero-order valence-corrected chi connectivity index (χ0v) is 17.5. The van der Waals surface area contributed by atoms with Gasteiger partial charge in [0.1, 0.15) is 12.4 Å². The van der Waals surface area contributed by atoms with Crippen molar-refractivity contribution >= 4 is 29.4 Å². The summed E-state index contributed by atoms with van der Waals surface area (Å²) in [5, 5.41) is 5.55. The lowest BCUT2D eigenvalue weighted by Crippen LogP contribution is -2.38. The Morgan fingerprint density at radius 3 is 2.41 bits per heavy atom. The minimum atomic E-state index is -0.285. The van der Waals surface area contributed by atoms with Crippen molar-refractivity contribution in [2.45, 2.75) is 13.3 Å². The Morgan fingerprint density at radius 2 is 1.72 bits per heavy atom. The van der Waals surface area contributed by atoms with Gasteiger partial charge in [0.15, 0.2) is 0 Å². The summed E-state index contributed by atoms with van der Waals surface area (Å²) < 4.78 is 5.58. The molecule has 3 rings (SSSR count). The van der Waals surface area contributed by atoms with Crippen LogP contribution in [0.5, 0.6) is 5.75 Å². The molecule has 29 heavy (non-hydrogen) atoms. The van der Waals surface area contributed by atoms with E-state index in [-0.39, 0.29) is 11.9 Å². The number of carbonyl (C=O) groups is 2. The molecule has 6 nitrogen and oxygen atoms in total. The van der Waals surface area contributed by atoms with Crippen LogP contribution in [0.2, 0.25) is 0 Å². The molecule has 1 aliphatic heterocycles. The molecule has 7 heteroatoms. The highest BCUT2D eigenvalue weighted by molar-refractivity contribution is 7.99. The average molecular weight is 414 g/mol. The fraction of sp³-hybridized carbons (Fsp3) is 0.364. The Kier molecular flexibility index (Phi) is 7.81. The van der Waals surface area contributed by atoms with Gasteiger partial charge in [-0.3, -0.25) is 4.79 Å². The predicted molar refractivity (Wildman–Crippen MR) is 118 cm³/mol. The highest BCUT2D eigenvalue weighted by Crippen LogP contribution is 2.14. The quantitative estimate of drug-likeness (QED) is 0.683. The molecule has 0 bridgehead atoms. The summed E-state index contributed by atoms with van der Waals surface area (Å²) >= 11 is 1.89. The van der Waals surface area contributed by atoms with Gasteiger partial charge in [0.2, 0.25) is 5.91 Å². The molecule has 1 saturated heterocycles. The third kappa shape index (κ3) is 7.02. The number of thioether (sulfide) groups is 1. The number of urea groups is 1. The monoisotopic (exact) mass is 413 g/mol. The molecule has 0 saturated carbocycles. The lowest BCUT2D eigenvalue weighted by molar-refractivity contribution is -0.130. The number of nitrogens with zero attached hydrogens (tertiary/aromatic N) is 1. The number of amides is 3. The van der Waals surface area contributed by atoms with Crippen LogP contribution in [-0.2, 0) is 11.2 Å². The summed E-state index contributed by atoms with van der Waals surface area (Å²) in [6, 6.07) is 14.9. The van der Waals surface area contributed by atoms with Crippen molar-refractivity contribution in [3.05, 3.63) is 59.7 Å². The zero-order valence-electron chi connectivity index (χ0n) is 16.6. The molecule has 0 spiro atoms. The first-order valence-corrected chi connectivity index (χ1v) is 10.9. The number of hydrogen-bond acceptors (Lipinski definition) is 4. The van der Waals surface area contributed by atoms with Crippen molar-refractivity contribution in [1.29, 1.82) is 0 Å². The van der Waals surface area contributed by atoms with Crippen molar-refractivity contribution in [1.82, 2.24) is 10.2 Å². The van der Waals surface area contributed by atoms with E-state index >= 15 is 0 Å². The molecule has 0 aliphatic carbocycles. The predicted octanol–water partition coefficient (Wildman–Crippen LogP) is 3.31. The second kappa shape index (κ2) is 10.8. The van der Waals surface area contributed by atoms with Gasteiger partial charge in [-0.25, -0.2) is 4.79 Å². The van der Waals surface area contributed by atoms with E-state index in [9.17, 15) is 9.59 Å². The second-order valence-corrected chi connectivity index (χ2v) is 8.13. The van der Waals surface area contributed by atoms with E-state index < -0.39 is 0 Å². The number of hydrogen-bond donors (Lipinski definition) is 2. The summed E-state index contributed by atoms with van der Waals surface area (Å²) in [7, 11) is 0. The molecule has 2 aromatic carbocycles. The summed E-state index contributed by atoms with van der Waals surface area (Å²) in [5.74, 6) is 2.98. The van der Waals surface area contributed by atoms with Gasteiger partial charge >= 0.3 is 6.03 Å². The lowest BCUT2D eigenvalue weighted by atomic mass is 10.1. The molecular formula is C22H27N3O3S. The highest BCUT2D eigenvalue weighted by Gasteiger charge is 2.16. The number of anilines is 1. The molecule has 0 unspecified atom stereocenters. The Bertz CT molecular complexity index is 803. The number of carbonyl (C=O) groups excluding carboxylic acids is 2. The highest BCUT2D eigenvalue weighted by atomic mass is 32.2. The third-order valence-electron chi connectivity index (χ3n) is 4.61. The van der Waals surface area contributed by atoms with E-state index in [1.165, 1.54) is 5.56 Å². The fourth-order valence-corrected chi connectivity index (χ4v) is 3.85. The Labute approximate surface area is 176 Å². The Hall–Kier alpha value is -2.67. The van der Waals surface area contributed by atoms with E-state index in [1.807, 2.05) is 72.1 Å². The molecule has 1 heterocycles. The minimum Gasteiger partial charge on any atom is -0.492 e. The van der Waals surface area contributed by atoms with Crippen molar-refractivity contribution in [3.8, 4) is 5.75 Å². The maximum atomic E-state index is 12.3. The van der Waals surface area contributed by atoms with Crippen molar-refractivity contribution in [3.63, 3.8) is 0 Å². The number of ether oxygens (including phenoxy) is 1. The van der Waals surface area contributed by atoms with E-state index in [4.69, 9.17) is 4.74 Å². The van der Waals surface area contributed by atoms with Crippen LogP contribution in [-0.4, -0.2) is 54.6 Å². The molecule has 0 aromatic heterocycles. The fourth-order valence-electron chi connectivity index (χ4n) is 2.95. The summed E-state index contributed by atoms with van der Waals surface area (Å²) in [6.07, 6.45) is 0.396. The molecule has 0 radical (unpaired) electrons. The molecule has 1 fully saturated rings. The Morgan fingerprint density at radius 1 is 1.03 bits per heavy atom. The summed E-state index contributed by atoms with van der Waals surface area (Å²) in [4.78, 5) is 26.2. The van der Waals surface area contributed by atoms with Crippen LogP contribution in [0, 0.1) is 6.92 Å². The van der Waals surface area contributed by atoms with Crippen molar-refractivity contribution in [2.24, 2.45) is 0 Å². The standard InChI is InChI=1S/C22H27N3O3S/c1-17-2-8-20(9-3-17)28-13-10-23-22(27)24-19-6-4-18(5-7-19)16-21(26)25-11-14-29-15-12-25/h2-9H,10-16H2,1H3,(H2,23,24,27). The number of benzene rings is 2. The molecule has 3 amide bonds. The van der Waals surface area contributed by atoms with Gasteiger partial charge < -0.3 is 20.3 Å². The van der Waals surface area contributed by atoms with Crippen LogP contribution in [0.15, 0.2) is 48.5 Å². The van der Waals surface area contributed by atoms with Crippen LogP contribution in [0.4, 0.5) is 10.5 Å². The molecule has 2 N–H and O–H groups in total. The first kappa shape index (κ1) is 21.0. The van der Waals surface area contributed by atoms with Gasteiger partial charge in [0.05, 0.1) is 13.0 Å². The van der Waals surface area contributed by atoms with Crippen LogP contribution in [0.25, 0.3) is 0 Å². The van der Waals surface area contributed by atoms with Crippen LogP contribution < -0.4 is 15.4 Å². The lowest BCUT2D eigenvalue weighted by Gasteiger charge is -2.26. The first-order valence-electron chi connectivity index (χ1n) is 9.79. The first-order chi connectivity index (χ1) is 14.1. The molecule has 1 aliphatic rings. The number of nitrogens with one attached hydrogen (secondary N) is 2. The van der Waals surface area contributed by atoms with Crippen LogP contribution in [0.3, 0.4) is 0 Å². The van der Waals surface area contributed by atoms with Crippen molar-refractivity contribution in [2.75, 3.05) is 43.1 Å². The van der Waals surface area contributed by atoms with Gasteiger partial charge in [0.25, 0.3) is 0 Å². The van der Waals surface area contributed by atoms with Crippen LogP contribution >= 0.6 is 11.8 Å². The minimum absolute atomic E-state index is 0.164. The summed E-state index contributed by atoms with van der Waals surface area (Å²) in [6.45, 7) is 4.48. The van der Waals surface area contributed by atoms with Gasteiger partial charge in [-0.2, -0.15) is 11.8 Å². The normalized spacial score (nSPS) is 13.6. The molecule has 0 atom stereocenters. The van der Waals surface area contributed by atoms with Gasteiger partial charge in [-0.15, -0.1) is 0 Å². The van der Waals surface area contributed by atoms with E-state index in [0.29, 0.717) is 25.3 Å². The second-order valence-electron chi connectivity index (χ2n) is 6.91. The third-order valence-corrected chi connectivity index (χ3v) is 5.55. The topological polar surface area (TPSA) is 70.7 Å². The smallest absolute Gasteiger partial charge is 0.319 e. The largest absolute Gasteiger partial charge is 0.492 e. The van der Waals surface area contributed by atoms with Gasteiger partial charge in [-0.1, -0.05) is 29.8 Å². The summed E-state index contributed by atoms with van der Waals surface area (Å²) in [5.41, 5.74) is 2.81.